The maximum absolute atomic E-state index is 13.7. The number of hydrogen-bond donors (Lipinski definition) is 3. The predicted molar refractivity (Wildman–Crippen MR) is 142 cm³/mol. The van der Waals surface area contributed by atoms with Crippen LogP contribution in [0.4, 0.5) is 4.39 Å². The molecule has 0 bridgehead atoms. The smallest absolute Gasteiger partial charge is 0.303 e. The zero-order chi connectivity index (χ0) is 26.7. The molecule has 4 rings (SSSR count). The quantitative estimate of drug-likeness (QED) is 0.235. The van der Waals surface area contributed by atoms with Gasteiger partial charge in [0.15, 0.2) is 0 Å². The number of H-pyrrole nitrogens is 1. The van der Waals surface area contributed by atoms with Crippen LogP contribution in [0.5, 0.6) is 11.5 Å². The highest BCUT2D eigenvalue weighted by atomic mass is 19.1. The average Bonchev–Trinajstić information content (AvgIpc) is 3.18. The number of carboxylic acid groups (broad SMARTS) is 1. The number of carbonyl (C=O) groups is 2. The van der Waals surface area contributed by atoms with E-state index in [1.54, 1.807) is 13.0 Å². The zero-order valence-corrected chi connectivity index (χ0v) is 21.4. The van der Waals surface area contributed by atoms with Crippen LogP contribution >= 0.6 is 0 Å². The van der Waals surface area contributed by atoms with Gasteiger partial charge in [-0.1, -0.05) is 19.1 Å². The monoisotopic (exact) mass is 502 g/mol. The van der Waals surface area contributed by atoms with Crippen molar-refractivity contribution in [2.45, 2.75) is 53.0 Å². The number of rotatable bonds is 9. The van der Waals surface area contributed by atoms with E-state index in [1.807, 2.05) is 57.2 Å². The van der Waals surface area contributed by atoms with Crippen molar-refractivity contribution >= 4 is 22.8 Å². The van der Waals surface area contributed by atoms with E-state index in [0.29, 0.717) is 40.1 Å². The summed E-state index contributed by atoms with van der Waals surface area (Å²) in [5.74, 6) is -0.110. The first-order chi connectivity index (χ1) is 17.6. The molecule has 192 valence electrons. The van der Waals surface area contributed by atoms with E-state index < -0.39 is 5.97 Å². The molecule has 0 spiro atoms. The summed E-state index contributed by atoms with van der Waals surface area (Å²) in [5.41, 5.74) is 5.76. The minimum Gasteiger partial charge on any atom is -0.481 e. The van der Waals surface area contributed by atoms with Crippen LogP contribution in [0.3, 0.4) is 0 Å². The molecular weight excluding hydrogens is 471 g/mol. The number of aryl methyl sites for hydroxylation is 4. The first-order valence-electron chi connectivity index (χ1n) is 12.4. The van der Waals surface area contributed by atoms with Crippen LogP contribution in [0.15, 0.2) is 54.6 Å². The van der Waals surface area contributed by atoms with E-state index in [4.69, 9.17) is 9.84 Å². The Morgan fingerprint density at radius 3 is 2.54 bits per heavy atom. The third kappa shape index (κ3) is 6.00. The van der Waals surface area contributed by atoms with Gasteiger partial charge in [-0.25, -0.2) is 4.39 Å². The molecule has 0 saturated heterocycles. The van der Waals surface area contributed by atoms with Crippen molar-refractivity contribution in [3.05, 3.63) is 93.9 Å². The van der Waals surface area contributed by atoms with E-state index in [9.17, 15) is 14.0 Å². The number of aliphatic carboxylic acids is 1. The molecule has 4 aromatic rings. The highest BCUT2D eigenvalue weighted by Crippen LogP contribution is 2.29. The Morgan fingerprint density at radius 1 is 1.03 bits per heavy atom. The highest BCUT2D eigenvalue weighted by Gasteiger charge is 2.18. The first-order valence-corrected chi connectivity index (χ1v) is 12.4. The Balaban J connectivity index is 1.51. The molecule has 1 atom stereocenters. The minimum absolute atomic E-state index is 0.0903. The summed E-state index contributed by atoms with van der Waals surface area (Å²) in [7, 11) is 0. The molecule has 1 heterocycles. The topological polar surface area (TPSA) is 91.4 Å². The Kier molecular flexibility index (Phi) is 7.62. The molecule has 0 radical (unpaired) electrons. The lowest BCUT2D eigenvalue weighted by Gasteiger charge is -2.17. The number of halogens is 1. The molecule has 37 heavy (non-hydrogen) atoms. The number of hydrogen-bond acceptors (Lipinski definition) is 3. The number of aromatic amines is 1. The fourth-order valence-corrected chi connectivity index (χ4v) is 4.58. The molecule has 0 saturated carbocycles. The average molecular weight is 503 g/mol. The Bertz CT molecular complexity index is 1470. The third-order valence-corrected chi connectivity index (χ3v) is 6.57. The van der Waals surface area contributed by atoms with E-state index in [1.165, 1.54) is 12.1 Å². The van der Waals surface area contributed by atoms with Gasteiger partial charge in [-0.3, -0.25) is 9.59 Å². The number of nitrogens with one attached hydrogen (secondary N) is 2. The zero-order valence-electron chi connectivity index (χ0n) is 21.4. The summed E-state index contributed by atoms with van der Waals surface area (Å²) in [4.78, 5) is 27.1. The van der Waals surface area contributed by atoms with E-state index in [0.717, 1.165) is 28.7 Å². The normalized spacial score (nSPS) is 11.9. The SMILES string of the molecule is CCc1cc(Oc2cc(C)cc([C@@H](C)NC(=O)c3[nH]c4ccc(F)cc4c3C)c2)ccc1CCC(=O)O. The predicted octanol–water partition coefficient (Wildman–Crippen LogP) is 6.79. The summed E-state index contributed by atoms with van der Waals surface area (Å²) in [6.07, 6.45) is 1.34. The summed E-state index contributed by atoms with van der Waals surface area (Å²) >= 11 is 0. The van der Waals surface area contributed by atoms with Crippen molar-refractivity contribution < 1.29 is 23.8 Å². The van der Waals surface area contributed by atoms with Crippen LogP contribution in [0.25, 0.3) is 10.9 Å². The molecule has 6 nitrogen and oxygen atoms in total. The number of ether oxygens (including phenoxy) is 1. The third-order valence-electron chi connectivity index (χ3n) is 6.57. The van der Waals surface area contributed by atoms with Crippen LogP contribution in [-0.4, -0.2) is 22.0 Å². The lowest BCUT2D eigenvalue weighted by molar-refractivity contribution is -0.136. The maximum atomic E-state index is 13.7. The molecule has 1 amide bonds. The number of carbonyl (C=O) groups excluding carboxylic acids is 1. The fourth-order valence-electron chi connectivity index (χ4n) is 4.58. The van der Waals surface area contributed by atoms with Crippen molar-refractivity contribution in [3.8, 4) is 11.5 Å². The standard InChI is InChI=1S/C30H31FN2O4/c1-5-20-14-24(9-6-21(20)7-11-28(34)35)37-25-13-17(2)12-22(15-25)19(4)32-30(36)29-18(3)26-16-23(31)8-10-27(26)33-29/h6,8-10,12-16,19,33H,5,7,11H2,1-4H3,(H,32,36)(H,34,35)/t19-/m1/s1. The van der Waals surface area contributed by atoms with E-state index >= 15 is 0 Å². The highest BCUT2D eigenvalue weighted by molar-refractivity contribution is 6.01. The summed E-state index contributed by atoms with van der Waals surface area (Å²) in [6.45, 7) is 7.70. The van der Waals surface area contributed by atoms with Crippen molar-refractivity contribution in [1.29, 1.82) is 0 Å². The van der Waals surface area contributed by atoms with Crippen LogP contribution in [0.1, 0.15) is 64.6 Å². The summed E-state index contributed by atoms with van der Waals surface area (Å²) in [5, 5.41) is 12.7. The molecule has 0 aliphatic heterocycles. The van der Waals surface area contributed by atoms with Gasteiger partial charge < -0.3 is 20.1 Å². The Morgan fingerprint density at radius 2 is 1.81 bits per heavy atom. The van der Waals surface area contributed by atoms with Gasteiger partial charge in [0.05, 0.1) is 6.04 Å². The maximum Gasteiger partial charge on any atom is 0.303 e. The van der Waals surface area contributed by atoms with Gasteiger partial charge >= 0.3 is 5.97 Å². The van der Waals surface area contributed by atoms with Crippen LogP contribution < -0.4 is 10.1 Å². The largest absolute Gasteiger partial charge is 0.481 e. The van der Waals surface area contributed by atoms with Gasteiger partial charge in [-0.15, -0.1) is 0 Å². The molecule has 3 N–H and O–H groups in total. The Labute approximate surface area is 215 Å². The fraction of sp³-hybridized carbons (Fsp3) is 0.267. The molecule has 0 fully saturated rings. The molecular formula is C30H31FN2O4. The van der Waals surface area contributed by atoms with Crippen LogP contribution in [0.2, 0.25) is 0 Å². The lowest BCUT2D eigenvalue weighted by Crippen LogP contribution is -2.27. The molecule has 3 aromatic carbocycles. The second-order valence-corrected chi connectivity index (χ2v) is 9.37. The van der Waals surface area contributed by atoms with Crippen LogP contribution in [-0.2, 0) is 17.6 Å². The minimum atomic E-state index is -0.815. The second-order valence-electron chi connectivity index (χ2n) is 9.37. The van der Waals surface area contributed by atoms with E-state index in [2.05, 4.69) is 10.3 Å². The number of carboxylic acids is 1. The van der Waals surface area contributed by atoms with Gasteiger partial charge in [-0.2, -0.15) is 0 Å². The van der Waals surface area contributed by atoms with E-state index in [-0.39, 0.29) is 24.2 Å². The molecule has 0 unspecified atom stereocenters. The summed E-state index contributed by atoms with van der Waals surface area (Å²) in [6, 6.07) is 15.7. The number of amides is 1. The van der Waals surface area contributed by atoms with Gasteiger partial charge in [0.1, 0.15) is 23.0 Å². The molecule has 7 heteroatoms. The van der Waals surface area contributed by atoms with Gasteiger partial charge in [-0.05, 0) is 104 Å². The van der Waals surface area contributed by atoms with Crippen molar-refractivity contribution in [1.82, 2.24) is 10.3 Å². The van der Waals surface area contributed by atoms with Crippen molar-refractivity contribution in [3.63, 3.8) is 0 Å². The lowest BCUT2D eigenvalue weighted by atomic mass is 10.0. The first kappa shape index (κ1) is 25.9. The molecule has 0 aliphatic rings. The van der Waals surface area contributed by atoms with Gasteiger partial charge in [0, 0.05) is 17.3 Å². The van der Waals surface area contributed by atoms with Gasteiger partial charge in [0.25, 0.3) is 5.91 Å². The van der Waals surface area contributed by atoms with Crippen LogP contribution in [0, 0.1) is 19.7 Å². The molecule has 0 aliphatic carbocycles. The van der Waals surface area contributed by atoms with Crippen molar-refractivity contribution in [2.75, 3.05) is 0 Å². The Hall–Kier alpha value is -4.13. The number of aromatic nitrogens is 1. The van der Waals surface area contributed by atoms with Crippen molar-refractivity contribution in [2.24, 2.45) is 0 Å². The molecule has 1 aromatic heterocycles. The summed E-state index contributed by atoms with van der Waals surface area (Å²) < 4.78 is 19.8. The number of benzene rings is 3. The number of fused-ring (bicyclic) bond motifs is 1. The second kappa shape index (κ2) is 10.9. The van der Waals surface area contributed by atoms with Gasteiger partial charge in [0.2, 0.25) is 0 Å².